The highest BCUT2D eigenvalue weighted by atomic mass is 79.9. The van der Waals surface area contributed by atoms with E-state index >= 15 is 0 Å². The van der Waals surface area contributed by atoms with Gasteiger partial charge in [0, 0.05) is 6.54 Å². The van der Waals surface area contributed by atoms with Crippen LogP contribution in [0.25, 0.3) is 0 Å². The number of carbonyl (C=O) groups is 1. The van der Waals surface area contributed by atoms with Crippen molar-refractivity contribution in [2.45, 2.75) is 39.7 Å². The van der Waals surface area contributed by atoms with Crippen molar-refractivity contribution in [3.63, 3.8) is 0 Å². The number of carbonyl (C=O) groups excluding carboxylic acids is 1. The molecule has 2 rings (SSSR count). The fraction of sp³-hybridized carbons (Fsp3) is 0.462. The van der Waals surface area contributed by atoms with Gasteiger partial charge in [0.2, 0.25) is 5.91 Å². The van der Waals surface area contributed by atoms with Crippen LogP contribution < -0.4 is 5.32 Å². The predicted octanol–water partition coefficient (Wildman–Crippen LogP) is 2.51. The van der Waals surface area contributed by atoms with Crippen molar-refractivity contribution < 1.29 is 18.0 Å². The van der Waals surface area contributed by atoms with Crippen molar-refractivity contribution in [3.8, 4) is 0 Å². The average molecular weight is 394 g/mol. The van der Waals surface area contributed by atoms with Gasteiger partial charge >= 0.3 is 6.18 Å². The summed E-state index contributed by atoms with van der Waals surface area (Å²) in [5.41, 5.74) is 0.00963. The molecule has 0 atom stereocenters. The molecule has 2 aromatic heterocycles. The fourth-order valence-corrected chi connectivity index (χ4v) is 2.54. The van der Waals surface area contributed by atoms with Crippen LogP contribution in [-0.4, -0.2) is 25.5 Å². The van der Waals surface area contributed by atoms with Crippen molar-refractivity contribution in [3.05, 3.63) is 33.8 Å². The zero-order valence-electron chi connectivity index (χ0n) is 12.5. The number of nitrogens with zero attached hydrogens (tertiary/aromatic N) is 4. The van der Waals surface area contributed by atoms with E-state index < -0.39 is 24.3 Å². The Morgan fingerprint density at radius 2 is 2.09 bits per heavy atom. The van der Waals surface area contributed by atoms with E-state index in [2.05, 4.69) is 31.4 Å². The van der Waals surface area contributed by atoms with E-state index in [0.29, 0.717) is 11.2 Å². The summed E-state index contributed by atoms with van der Waals surface area (Å²) >= 11 is 3.31. The standard InChI is InChI=1S/C13H15BrF3N5O/c1-3-21-10(9(14)5-19-21)6-18-12(23)7-22-11(13(15,16)17)4-8(2)20-22/h4-5H,3,6-7H2,1-2H3,(H,18,23). The van der Waals surface area contributed by atoms with Crippen LogP contribution in [0.3, 0.4) is 0 Å². The molecule has 0 unspecified atom stereocenters. The lowest BCUT2D eigenvalue weighted by atomic mass is 10.3. The van der Waals surface area contributed by atoms with Gasteiger partial charge in [-0.2, -0.15) is 23.4 Å². The number of hydrogen-bond donors (Lipinski definition) is 1. The molecule has 0 aromatic carbocycles. The van der Waals surface area contributed by atoms with E-state index in [1.165, 1.54) is 6.92 Å². The van der Waals surface area contributed by atoms with Crippen LogP contribution in [0.1, 0.15) is 24.0 Å². The first-order valence-electron chi connectivity index (χ1n) is 6.81. The zero-order chi connectivity index (χ0) is 17.2. The highest BCUT2D eigenvalue weighted by Crippen LogP contribution is 2.29. The number of amides is 1. The number of aryl methyl sites for hydroxylation is 2. The third kappa shape index (κ3) is 4.12. The summed E-state index contributed by atoms with van der Waals surface area (Å²) in [7, 11) is 0. The Hall–Kier alpha value is -1.84. The minimum atomic E-state index is -4.55. The first kappa shape index (κ1) is 17.5. The first-order valence-corrected chi connectivity index (χ1v) is 7.60. The lowest BCUT2D eigenvalue weighted by Crippen LogP contribution is -2.30. The Morgan fingerprint density at radius 1 is 1.39 bits per heavy atom. The maximum Gasteiger partial charge on any atom is 0.433 e. The minimum absolute atomic E-state index is 0.162. The minimum Gasteiger partial charge on any atom is -0.349 e. The molecule has 0 aliphatic heterocycles. The molecule has 6 nitrogen and oxygen atoms in total. The number of nitrogens with one attached hydrogen (secondary N) is 1. The van der Waals surface area contributed by atoms with Crippen molar-refractivity contribution in [1.29, 1.82) is 0 Å². The van der Waals surface area contributed by atoms with Gasteiger partial charge in [0.25, 0.3) is 0 Å². The summed E-state index contributed by atoms with van der Waals surface area (Å²) in [5, 5.41) is 10.4. The molecule has 0 fully saturated rings. The summed E-state index contributed by atoms with van der Waals surface area (Å²) in [5.74, 6) is -0.561. The van der Waals surface area contributed by atoms with E-state index in [9.17, 15) is 18.0 Å². The van der Waals surface area contributed by atoms with Crippen molar-refractivity contribution in [2.24, 2.45) is 0 Å². The Labute approximate surface area is 138 Å². The number of aromatic nitrogens is 4. The van der Waals surface area contributed by atoms with E-state index in [1.807, 2.05) is 6.92 Å². The normalized spacial score (nSPS) is 11.7. The Balaban J connectivity index is 2.05. The fourth-order valence-electron chi connectivity index (χ4n) is 2.10. The molecule has 2 heterocycles. The van der Waals surface area contributed by atoms with Gasteiger partial charge in [0.1, 0.15) is 12.2 Å². The molecule has 126 valence electrons. The Morgan fingerprint density at radius 3 is 2.70 bits per heavy atom. The van der Waals surface area contributed by atoms with Crippen LogP contribution in [0.4, 0.5) is 13.2 Å². The highest BCUT2D eigenvalue weighted by molar-refractivity contribution is 9.10. The SMILES string of the molecule is CCn1ncc(Br)c1CNC(=O)Cn1nc(C)cc1C(F)(F)F. The summed E-state index contributed by atoms with van der Waals surface area (Å²) in [4.78, 5) is 11.9. The molecule has 0 bridgehead atoms. The molecular formula is C13H15BrF3N5O. The maximum atomic E-state index is 12.9. The van der Waals surface area contributed by atoms with Gasteiger partial charge in [-0.25, -0.2) is 0 Å². The van der Waals surface area contributed by atoms with Gasteiger partial charge in [-0.1, -0.05) is 0 Å². The third-order valence-electron chi connectivity index (χ3n) is 3.14. The second-order valence-corrected chi connectivity index (χ2v) is 5.71. The molecule has 23 heavy (non-hydrogen) atoms. The van der Waals surface area contributed by atoms with Gasteiger partial charge in [-0.3, -0.25) is 14.2 Å². The van der Waals surface area contributed by atoms with Gasteiger partial charge in [0.05, 0.1) is 28.6 Å². The van der Waals surface area contributed by atoms with E-state index in [1.54, 1.807) is 10.9 Å². The van der Waals surface area contributed by atoms with Crippen LogP contribution in [-0.2, 0) is 30.6 Å². The van der Waals surface area contributed by atoms with Gasteiger partial charge in [-0.15, -0.1) is 0 Å². The second kappa shape index (κ2) is 6.73. The lowest BCUT2D eigenvalue weighted by molar-refractivity contribution is -0.144. The molecule has 0 spiro atoms. The van der Waals surface area contributed by atoms with Crippen molar-refractivity contribution >= 4 is 21.8 Å². The molecule has 1 N–H and O–H groups in total. The molecule has 0 radical (unpaired) electrons. The maximum absolute atomic E-state index is 12.9. The zero-order valence-corrected chi connectivity index (χ0v) is 14.1. The van der Waals surface area contributed by atoms with E-state index in [4.69, 9.17) is 0 Å². The number of halogens is 4. The van der Waals surface area contributed by atoms with Crippen LogP contribution in [0.5, 0.6) is 0 Å². The van der Waals surface area contributed by atoms with Crippen LogP contribution in [0, 0.1) is 6.92 Å². The molecular weight excluding hydrogens is 379 g/mol. The molecule has 0 saturated heterocycles. The predicted molar refractivity (Wildman–Crippen MR) is 79.4 cm³/mol. The number of rotatable bonds is 5. The van der Waals surface area contributed by atoms with E-state index in [-0.39, 0.29) is 12.2 Å². The smallest absolute Gasteiger partial charge is 0.349 e. The van der Waals surface area contributed by atoms with Crippen molar-refractivity contribution in [1.82, 2.24) is 24.9 Å². The largest absolute Gasteiger partial charge is 0.433 e. The molecule has 1 amide bonds. The Bertz CT molecular complexity index is 707. The molecule has 10 heteroatoms. The second-order valence-electron chi connectivity index (χ2n) is 4.86. The van der Waals surface area contributed by atoms with Gasteiger partial charge < -0.3 is 5.32 Å². The first-order chi connectivity index (χ1) is 10.7. The summed E-state index contributed by atoms with van der Waals surface area (Å²) in [6.45, 7) is 3.62. The summed E-state index contributed by atoms with van der Waals surface area (Å²) in [6, 6.07) is 0.913. The highest BCUT2D eigenvalue weighted by Gasteiger charge is 2.35. The number of alkyl halides is 3. The third-order valence-corrected chi connectivity index (χ3v) is 3.80. The monoisotopic (exact) mass is 393 g/mol. The Kier molecular flexibility index (Phi) is 5.12. The summed E-state index contributed by atoms with van der Waals surface area (Å²) in [6.07, 6.45) is -2.95. The average Bonchev–Trinajstić information content (AvgIpc) is 2.99. The number of hydrogen-bond acceptors (Lipinski definition) is 3. The van der Waals surface area contributed by atoms with Crippen LogP contribution in [0.2, 0.25) is 0 Å². The molecule has 2 aromatic rings. The lowest BCUT2D eigenvalue weighted by Gasteiger charge is -2.11. The van der Waals surface area contributed by atoms with E-state index in [0.717, 1.165) is 16.2 Å². The molecule has 0 aliphatic carbocycles. The summed E-state index contributed by atoms with van der Waals surface area (Å²) < 4.78 is 41.7. The van der Waals surface area contributed by atoms with Crippen molar-refractivity contribution in [2.75, 3.05) is 0 Å². The quantitative estimate of drug-likeness (QED) is 0.848. The van der Waals surface area contributed by atoms with Gasteiger partial charge in [-0.05, 0) is 35.8 Å². The molecule has 0 aliphatic rings. The van der Waals surface area contributed by atoms with Gasteiger partial charge in [0.15, 0.2) is 0 Å². The molecule has 0 saturated carbocycles. The van der Waals surface area contributed by atoms with Crippen LogP contribution in [0.15, 0.2) is 16.7 Å². The topological polar surface area (TPSA) is 64.7 Å². The van der Waals surface area contributed by atoms with Crippen LogP contribution >= 0.6 is 15.9 Å².